The highest BCUT2D eigenvalue weighted by atomic mass is 19.1. The van der Waals surface area contributed by atoms with Crippen LogP contribution in [-0.4, -0.2) is 31.2 Å². The first kappa shape index (κ1) is 13.5. The molecule has 104 valence electrons. The van der Waals surface area contributed by atoms with Crippen LogP contribution < -0.4 is 15.4 Å². The molecular formula is C12H16FN3O3. The predicted octanol–water partition coefficient (Wildman–Crippen LogP) is 1.91. The number of hydrogen-bond acceptors (Lipinski definition) is 5. The molecule has 1 aromatic rings. The summed E-state index contributed by atoms with van der Waals surface area (Å²) in [5, 5.41) is 17.2. The monoisotopic (exact) mass is 269 g/mol. The fourth-order valence-electron chi connectivity index (χ4n) is 2.16. The molecule has 1 fully saturated rings. The summed E-state index contributed by atoms with van der Waals surface area (Å²) >= 11 is 0. The minimum absolute atomic E-state index is 0.00696. The Morgan fingerprint density at radius 3 is 3.00 bits per heavy atom. The lowest BCUT2D eigenvalue weighted by molar-refractivity contribution is -0.384. The third kappa shape index (κ3) is 3.11. The molecule has 19 heavy (non-hydrogen) atoms. The van der Waals surface area contributed by atoms with Crippen molar-refractivity contribution in [1.82, 2.24) is 5.32 Å². The van der Waals surface area contributed by atoms with E-state index in [1.807, 2.05) is 0 Å². The highest BCUT2D eigenvalue weighted by Crippen LogP contribution is 2.31. The van der Waals surface area contributed by atoms with Crippen molar-refractivity contribution >= 4 is 11.4 Å². The summed E-state index contributed by atoms with van der Waals surface area (Å²) in [5.41, 5.74) is -0.00625. The molecular weight excluding hydrogens is 253 g/mol. The normalized spacial score (nSPS) is 18.3. The van der Waals surface area contributed by atoms with Crippen LogP contribution in [0.2, 0.25) is 0 Å². The predicted molar refractivity (Wildman–Crippen MR) is 69.1 cm³/mol. The summed E-state index contributed by atoms with van der Waals surface area (Å²) in [5.74, 6) is -0.744. The Bertz CT molecular complexity index is 476. The van der Waals surface area contributed by atoms with Crippen molar-refractivity contribution in [2.75, 3.05) is 25.5 Å². The topological polar surface area (TPSA) is 76.4 Å². The number of ether oxygens (including phenoxy) is 1. The summed E-state index contributed by atoms with van der Waals surface area (Å²) in [4.78, 5) is 10.3. The van der Waals surface area contributed by atoms with E-state index < -0.39 is 10.7 Å². The highest BCUT2D eigenvalue weighted by molar-refractivity contribution is 5.64. The zero-order valence-electron chi connectivity index (χ0n) is 10.6. The van der Waals surface area contributed by atoms with E-state index in [4.69, 9.17) is 4.74 Å². The quantitative estimate of drug-likeness (QED) is 0.630. The summed E-state index contributed by atoms with van der Waals surface area (Å²) in [7, 11) is 1.33. The molecule has 0 saturated carbocycles. The van der Waals surface area contributed by atoms with Crippen molar-refractivity contribution in [3.8, 4) is 5.75 Å². The molecule has 1 aliphatic rings. The van der Waals surface area contributed by atoms with Gasteiger partial charge in [0.25, 0.3) is 5.69 Å². The Balaban J connectivity index is 2.18. The second-order valence-corrected chi connectivity index (χ2v) is 4.44. The third-order valence-electron chi connectivity index (χ3n) is 3.17. The van der Waals surface area contributed by atoms with Crippen LogP contribution in [0.4, 0.5) is 15.8 Å². The van der Waals surface area contributed by atoms with Crippen LogP contribution in [0.1, 0.15) is 12.8 Å². The minimum Gasteiger partial charge on any atom is -0.494 e. The molecule has 6 nitrogen and oxygen atoms in total. The molecule has 0 spiro atoms. The average Bonchev–Trinajstić information content (AvgIpc) is 2.89. The largest absolute Gasteiger partial charge is 0.494 e. The van der Waals surface area contributed by atoms with Gasteiger partial charge in [0.15, 0.2) is 11.6 Å². The SMILES string of the molecule is COc1cc(NCC2CCCN2)c([N+](=O)[O-])cc1F. The van der Waals surface area contributed by atoms with Crippen LogP contribution in [0.5, 0.6) is 5.75 Å². The smallest absolute Gasteiger partial charge is 0.295 e. The van der Waals surface area contributed by atoms with Crippen molar-refractivity contribution in [1.29, 1.82) is 0 Å². The van der Waals surface area contributed by atoms with Crippen molar-refractivity contribution in [2.24, 2.45) is 0 Å². The standard InChI is InChI=1S/C12H16FN3O3/c1-19-12-6-10(11(16(17)18)5-9(12)13)15-7-8-3-2-4-14-8/h5-6,8,14-15H,2-4,7H2,1H3. The molecule has 1 heterocycles. The molecule has 1 atom stereocenters. The van der Waals surface area contributed by atoms with Gasteiger partial charge in [0.1, 0.15) is 5.69 Å². The van der Waals surface area contributed by atoms with Crippen LogP contribution in [0.3, 0.4) is 0 Å². The van der Waals surface area contributed by atoms with Crippen molar-refractivity contribution in [3.63, 3.8) is 0 Å². The molecule has 1 aliphatic heterocycles. The third-order valence-corrected chi connectivity index (χ3v) is 3.17. The fraction of sp³-hybridized carbons (Fsp3) is 0.500. The van der Waals surface area contributed by atoms with E-state index >= 15 is 0 Å². The summed E-state index contributed by atoms with van der Waals surface area (Å²) in [6.07, 6.45) is 2.13. The van der Waals surface area contributed by atoms with Gasteiger partial charge >= 0.3 is 0 Å². The molecule has 1 unspecified atom stereocenters. The second-order valence-electron chi connectivity index (χ2n) is 4.44. The molecule has 1 aromatic carbocycles. The molecule has 7 heteroatoms. The van der Waals surface area contributed by atoms with Crippen molar-refractivity contribution in [3.05, 3.63) is 28.1 Å². The number of nitro groups is 1. The van der Waals surface area contributed by atoms with E-state index in [0.29, 0.717) is 6.54 Å². The summed E-state index contributed by atoms with van der Waals surface area (Å²) in [6, 6.07) is 2.49. The van der Waals surface area contributed by atoms with E-state index in [-0.39, 0.29) is 23.2 Å². The van der Waals surface area contributed by atoms with Gasteiger partial charge in [0.2, 0.25) is 0 Å². The van der Waals surface area contributed by atoms with E-state index in [1.165, 1.54) is 13.2 Å². The number of halogens is 1. The van der Waals surface area contributed by atoms with E-state index in [9.17, 15) is 14.5 Å². The van der Waals surface area contributed by atoms with Gasteiger partial charge in [0, 0.05) is 18.7 Å². The number of benzene rings is 1. The number of nitro benzene ring substituents is 1. The zero-order valence-corrected chi connectivity index (χ0v) is 10.6. The highest BCUT2D eigenvalue weighted by Gasteiger charge is 2.20. The Hall–Kier alpha value is -1.89. The number of nitrogens with one attached hydrogen (secondary N) is 2. The molecule has 2 rings (SSSR count). The van der Waals surface area contributed by atoms with Gasteiger partial charge in [0.05, 0.1) is 18.1 Å². The van der Waals surface area contributed by atoms with Gasteiger partial charge < -0.3 is 15.4 Å². The Morgan fingerprint density at radius 1 is 1.63 bits per heavy atom. The number of methoxy groups -OCH3 is 1. The van der Waals surface area contributed by atoms with E-state index in [1.54, 1.807) is 0 Å². The van der Waals surface area contributed by atoms with Gasteiger partial charge in [-0.15, -0.1) is 0 Å². The molecule has 2 N–H and O–H groups in total. The minimum atomic E-state index is -0.737. The average molecular weight is 269 g/mol. The van der Waals surface area contributed by atoms with Gasteiger partial charge in [-0.25, -0.2) is 4.39 Å². The van der Waals surface area contributed by atoms with Gasteiger partial charge in [-0.2, -0.15) is 0 Å². The first-order valence-corrected chi connectivity index (χ1v) is 6.11. The Labute approximate surface area is 110 Å². The molecule has 0 bridgehead atoms. The number of anilines is 1. The summed E-state index contributed by atoms with van der Waals surface area (Å²) < 4.78 is 18.3. The first-order chi connectivity index (χ1) is 9.11. The molecule has 0 radical (unpaired) electrons. The van der Waals surface area contributed by atoms with Crippen LogP contribution in [-0.2, 0) is 0 Å². The van der Waals surface area contributed by atoms with Crippen LogP contribution in [0, 0.1) is 15.9 Å². The zero-order chi connectivity index (χ0) is 13.8. The molecule has 0 amide bonds. The van der Waals surface area contributed by atoms with Crippen molar-refractivity contribution < 1.29 is 14.1 Å². The van der Waals surface area contributed by atoms with Gasteiger partial charge in [-0.1, -0.05) is 0 Å². The summed E-state index contributed by atoms with van der Waals surface area (Å²) in [6.45, 7) is 1.52. The van der Waals surface area contributed by atoms with Gasteiger partial charge in [-0.3, -0.25) is 10.1 Å². The fourth-order valence-corrected chi connectivity index (χ4v) is 2.16. The maximum Gasteiger partial charge on any atom is 0.295 e. The van der Waals surface area contributed by atoms with E-state index in [2.05, 4.69) is 10.6 Å². The number of nitrogens with zero attached hydrogens (tertiary/aromatic N) is 1. The Kier molecular flexibility index (Phi) is 4.16. The molecule has 0 aromatic heterocycles. The lowest BCUT2D eigenvalue weighted by Gasteiger charge is -2.13. The van der Waals surface area contributed by atoms with Gasteiger partial charge in [-0.05, 0) is 19.4 Å². The lowest BCUT2D eigenvalue weighted by atomic mass is 10.2. The van der Waals surface area contributed by atoms with Crippen molar-refractivity contribution in [2.45, 2.75) is 18.9 Å². The molecule has 1 saturated heterocycles. The maximum atomic E-state index is 13.5. The second kappa shape index (κ2) is 5.83. The number of rotatable bonds is 5. The lowest BCUT2D eigenvalue weighted by Crippen LogP contribution is -2.29. The van der Waals surface area contributed by atoms with Crippen LogP contribution >= 0.6 is 0 Å². The Morgan fingerprint density at radius 2 is 2.42 bits per heavy atom. The number of hydrogen-bond donors (Lipinski definition) is 2. The first-order valence-electron chi connectivity index (χ1n) is 6.11. The van der Waals surface area contributed by atoms with E-state index in [0.717, 1.165) is 25.5 Å². The van der Waals surface area contributed by atoms with Crippen LogP contribution in [0.25, 0.3) is 0 Å². The molecule has 0 aliphatic carbocycles. The maximum absolute atomic E-state index is 13.5. The van der Waals surface area contributed by atoms with Crippen LogP contribution in [0.15, 0.2) is 12.1 Å².